The Labute approximate surface area is 91.7 Å². The number of benzene rings is 1. The topological polar surface area (TPSA) is 38.3 Å². The first-order valence-electron chi connectivity index (χ1n) is 4.60. The normalized spacial score (nSPS) is 10.8. The number of hydrogen-bond acceptors (Lipinski definition) is 2. The van der Waals surface area contributed by atoms with E-state index in [1.807, 2.05) is 0 Å². The molecule has 1 rings (SSSR count). The summed E-state index contributed by atoms with van der Waals surface area (Å²) in [5.41, 5.74) is 0.404. The summed E-state index contributed by atoms with van der Waals surface area (Å²) in [4.78, 5) is 11.2. The van der Waals surface area contributed by atoms with Gasteiger partial charge in [0.05, 0.1) is 0 Å². The van der Waals surface area contributed by atoms with Crippen molar-refractivity contribution in [2.24, 2.45) is 0 Å². The van der Waals surface area contributed by atoms with Crippen LogP contribution >= 0.6 is 0 Å². The first-order valence-corrected chi connectivity index (χ1v) is 4.60. The summed E-state index contributed by atoms with van der Waals surface area (Å²) in [5, 5.41) is 2.51. The molecule has 0 saturated carbocycles. The maximum absolute atomic E-state index is 11.9. The molecular weight excluding hydrogens is 216 g/mol. The highest BCUT2D eigenvalue weighted by atomic mass is 19.3. The molecule has 0 aliphatic heterocycles. The van der Waals surface area contributed by atoms with Gasteiger partial charge in [-0.3, -0.25) is 4.79 Å². The zero-order valence-corrected chi connectivity index (χ0v) is 8.61. The fraction of sp³-hybridized carbons (Fsp3) is 0.182. The van der Waals surface area contributed by atoms with E-state index in [1.54, 1.807) is 19.1 Å². The van der Waals surface area contributed by atoms with Crippen LogP contribution in [0.5, 0.6) is 5.75 Å². The molecule has 0 saturated heterocycles. The van der Waals surface area contributed by atoms with Crippen molar-refractivity contribution in [1.82, 2.24) is 0 Å². The fourth-order valence-corrected chi connectivity index (χ4v) is 1.09. The lowest BCUT2D eigenvalue weighted by atomic mass is 10.3. The van der Waals surface area contributed by atoms with Gasteiger partial charge in [0.2, 0.25) is 5.91 Å². The van der Waals surface area contributed by atoms with Crippen LogP contribution in [0, 0.1) is 0 Å². The third kappa shape index (κ3) is 4.08. The molecule has 3 nitrogen and oxygen atoms in total. The van der Waals surface area contributed by atoms with Gasteiger partial charge in [-0.2, -0.15) is 8.78 Å². The molecule has 1 aromatic carbocycles. The monoisotopic (exact) mass is 227 g/mol. The Balaban J connectivity index is 2.70. The number of halogens is 2. The second kappa shape index (κ2) is 5.85. The molecule has 0 aromatic heterocycles. The van der Waals surface area contributed by atoms with Gasteiger partial charge in [0, 0.05) is 11.8 Å². The summed E-state index contributed by atoms with van der Waals surface area (Å²) < 4.78 is 28.0. The van der Waals surface area contributed by atoms with Gasteiger partial charge in [-0.05, 0) is 25.1 Å². The summed E-state index contributed by atoms with van der Waals surface area (Å²) in [6, 6.07) is 5.81. The number of rotatable bonds is 4. The summed E-state index contributed by atoms with van der Waals surface area (Å²) in [5.74, 6) is -0.315. The summed E-state index contributed by atoms with van der Waals surface area (Å²) >= 11 is 0. The second-order valence-corrected chi connectivity index (χ2v) is 2.90. The van der Waals surface area contributed by atoms with Crippen LogP contribution in [0.15, 0.2) is 36.4 Å². The molecule has 0 radical (unpaired) electrons. The van der Waals surface area contributed by atoms with E-state index in [9.17, 15) is 13.6 Å². The van der Waals surface area contributed by atoms with E-state index in [0.29, 0.717) is 5.69 Å². The molecule has 86 valence electrons. The predicted molar refractivity (Wildman–Crippen MR) is 56.5 cm³/mol. The Morgan fingerprint density at radius 3 is 2.88 bits per heavy atom. The molecule has 1 aromatic rings. The van der Waals surface area contributed by atoms with Crippen molar-refractivity contribution in [3.8, 4) is 5.75 Å². The minimum Gasteiger partial charge on any atom is -0.435 e. The Bertz CT molecular complexity index is 391. The molecule has 1 N–H and O–H groups in total. The third-order valence-corrected chi connectivity index (χ3v) is 1.64. The van der Waals surface area contributed by atoms with E-state index in [4.69, 9.17) is 0 Å². The molecule has 0 fully saturated rings. The molecule has 16 heavy (non-hydrogen) atoms. The van der Waals surface area contributed by atoms with Crippen molar-refractivity contribution < 1.29 is 18.3 Å². The number of ether oxygens (including phenoxy) is 1. The molecule has 0 spiro atoms. The largest absolute Gasteiger partial charge is 0.435 e. The third-order valence-electron chi connectivity index (χ3n) is 1.64. The molecule has 0 bridgehead atoms. The lowest BCUT2D eigenvalue weighted by Gasteiger charge is -2.06. The highest BCUT2D eigenvalue weighted by Crippen LogP contribution is 2.19. The summed E-state index contributed by atoms with van der Waals surface area (Å²) in [6.07, 6.45) is 2.91. The van der Waals surface area contributed by atoms with Gasteiger partial charge in [0.1, 0.15) is 5.75 Å². The second-order valence-electron chi connectivity index (χ2n) is 2.90. The lowest BCUT2D eigenvalue weighted by molar-refractivity contribution is -0.111. The highest BCUT2D eigenvalue weighted by molar-refractivity contribution is 5.99. The van der Waals surface area contributed by atoms with E-state index in [-0.39, 0.29) is 11.7 Å². The van der Waals surface area contributed by atoms with E-state index in [2.05, 4.69) is 10.1 Å². The van der Waals surface area contributed by atoms with Gasteiger partial charge in [0.25, 0.3) is 0 Å². The van der Waals surface area contributed by atoms with Gasteiger partial charge in [-0.25, -0.2) is 0 Å². The Hall–Kier alpha value is -1.91. The van der Waals surface area contributed by atoms with E-state index in [0.717, 1.165) is 0 Å². The highest BCUT2D eigenvalue weighted by Gasteiger charge is 2.05. The van der Waals surface area contributed by atoms with Crippen molar-refractivity contribution in [2.75, 3.05) is 5.32 Å². The van der Waals surface area contributed by atoms with Gasteiger partial charge in [-0.15, -0.1) is 0 Å². The van der Waals surface area contributed by atoms with Gasteiger partial charge >= 0.3 is 6.61 Å². The molecule has 0 unspecified atom stereocenters. The number of amides is 1. The number of nitrogens with one attached hydrogen (secondary N) is 1. The minimum atomic E-state index is -2.87. The number of anilines is 1. The number of carbonyl (C=O) groups is 1. The van der Waals surface area contributed by atoms with Gasteiger partial charge in [-0.1, -0.05) is 12.1 Å². The van der Waals surface area contributed by atoms with Crippen molar-refractivity contribution in [3.63, 3.8) is 0 Å². The molecule has 1 amide bonds. The van der Waals surface area contributed by atoms with Crippen molar-refractivity contribution in [2.45, 2.75) is 13.5 Å². The molecular formula is C11H11F2NO2. The number of allylic oxidation sites excluding steroid dienone is 1. The van der Waals surface area contributed by atoms with Gasteiger partial charge < -0.3 is 10.1 Å². The first kappa shape index (κ1) is 12.2. The summed E-state index contributed by atoms with van der Waals surface area (Å²) in [6.45, 7) is -1.17. The van der Waals surface area contributed by atoms with Crippen molar-refractivity contribution >= 4 is 11.6 Å². The maximum atomic E-state index is 11.9. The summed E-state index contributed by atoms with van der Waals surface area (Å²) in [7, 11) is 0. The Kier molecular flexibility index (Phi) is 4.44. The molecule has 0 heterocycles. The first-order chi connectivity index (χ1) is 7.61. The van der Waals surface area contributed by atoms with Crippen LogP contribution in [-0.2, 0) is 4.79 Å². The average Bonchev–Trinajstić information content (AvgIpc) is 2.17. The fourth-order valence-electron chi connectivity index (χ4n) is 1.09. The quantitative estimate of drug-likeness (QED) is 0.803. The van der Waals surface area contributed by atoms with Crippen LogP contribution in [0.3, 0.4) is 0 Å². The predicted octanol–water partition coefficient (Wildman–Crippen LogP) is 2.80. The van der Waals surface area contributed by atoms with Crippen LogP contribution in [0.25, 0.3) is 0 Å². The number of alkyl halides is 2. The zero-order chi connectivity index (χ0) is 12.0. The molecule has 0 aliphatic rings. The van der Waals surface area contributed by atoms with E-state index < -0.39 is 6.61 Å². The van der Waals surface area contributed by atoms with Crippen LogP contribution in [-0.4, -0.2) is 12.5 Å². The van der Waals surface area contributed by atoms with E-state index >= 15 is 0 Å². The number of carbonyl (C=O) groups excluding carboxylic acids is 1. The average molecular weight is 227 g/mol. The van der Waals surface area contributed by atoms with Crippen molar-refractivity contribution in [1.29, 1.82) is 0 Å². The Morgan fingerprint density at radius 2 is 2.25 bits per heavy atom. The SMILES string of the molecule is CC=CC(=O)Nc1cccc(OC(F)F)c1. The molecule has 5 heteroatoms. The van der Waals surface area contributed by atoms with Crippen LogP contribution in [0.1, 0.15) is 6.92 Å². The van der Waals surface area contributed by atoms with Crippen molar-refractivity contribution in [3.05, 3.63) is 36.4 Å². The van der Waals surface area contributed by atoms with Crippen LogP contribution < -0.4 is 10.1 Å². The zero-order valence-electron chi connectivity index (χ0n) is 8.61. The van der Waals surface area contributed by atoms with Crippen LogP contribution in [0.2, 0.25) is 0 Å². The standard InChI is InChI=1S/C11H11F2NO2/c1-2-4-10(15)14-8-5-3-6-9(7-8)16-11(12)13/h2-7,11H,1H3,(H,14,15). The van der Waals surface area contributed by atoms with E-state index in [1.165, 1.54) is 24.3 Å². The van der Waals surface area contributed by atoms with Gasteiger partial charge in [0.15, 0.2) is 0 Å². The van der Waals surface area contributed by atoms with Crippen LogP contribution in [0.4, 0.5) is 14.5 Å². The lowest BCUT2D eigenvalue weighted by Crippen LogP contribution is -2.08. The molecule has 0 atom stereocenters. The molecule has 0 aliphatic carbocycles. The Morgan fingerprint density at radius 1 is 1.50 bits per heavy atom. The smallest absolute Gasteiger partial charge is 0.387 e. The number of hydrogen-bond donors (Lipinski definition) is 1. The maximum Gasteiger partial charge on any atom is 0.387 e. The minimum absolute atomic E-state index is 0.00766.